The highest BCUT2D eigenvalue weighted by atomic mass is 19.4. The molecule has 0 aliphatic rings. The van der Waals surface area contributed by atoms with E-state index in [1.165, 1.54) is 17.1 Å². The molecule has 0 amide bonds. The molecule has 1 aromatic heterocycles. The quantitative estimate of drug-likeness (QED) is 0.828. The molecule has 0 unspecified atom stereocenters. The molecule has 0 aliphatic heterocycles. The van der Waals surface area contributed by atoms with E-state index in [0.717, 1.165) is 12.1 Å². The van der Waals surface area contributed by atoms with Gasteiger partial charge >= 0.3 is 12.1 Å². The molecule has 0 fully saturated rings. The normalized spacial score (nSPS) is 11.3. The third-order valence-corrected chi connectivity index (χ3v) is 2.93. The lowest BCUT2D eigenvalue weighted by atomic mass is 10.0. The molecule has 1 aromatic carbocycles. The number of halogens is 3. The van der Waals surface area contributed by atoms with Crippen molar-refractivity contribution in [2.75, 3.05) is 0 Å². The van der Waals surface area contributed by atoms with Crippen LogP contribution < -0.4 is 10.7 Å². The number of hydrogen-bond donors (Lipinski definition) is 2. The van der Waals surface area contributed by atoms with Gasteiger partial charge in [-0.1, -0.05) is 30.0 Å². The molecule has 0 saturated heterocycles. The first kappa shape index (κ1) is 16.3. The van der Waals surface area contributed by atoms with E-state index in [9.17, 15) is 32.7 Å². The third kappa shape index (κ3) is 3.07. The Labute approximate surface area is 125 Å². The number of H-pyrrole nitrogens is 1. The van der Waals surface area contributed by atoms with Gasteiger partial charge in [0.05, 0.1) is 11.1 Å². The summed E-state index contributed by atoms with van der Waals surface area (Å²) >= 11 is 0. The summed E-state index contributed by atoms with van der Waals surface area (Å²) in [7, 11) is 0. The number of ketones is 1. The number of para-hydroxylation sites is 1. The van der Waals surface area contributed by atoms with Crippen LogP contribution in [0.4, 0.5) is 13.2 Å². The lowest BCUT2D eigenvalue weighted by Gasteiger charge is -2.13. The Bertz CT molecular complexity index is 854. The molecule has 120 valence electrons. The summed E-state index contributed by atoms with van der Waals surface area (Å²) in [5.41, 5.74) is -5.81. The van der Waals surface area contributed by atoms with Gasteiger partial charge in [-0.15, -0.1) is 0 Å². The van der Waals surface area contributed by atoms with Gasteiger partial charge in [0.1, 0.15) is 5.69 Å². The number of aromatic amines is 1. The minimum Gasteiger partial charge on any atom is -0.872 e. The number of benzene rings is 1. The standard InChI is InChI=1S/C14H8F3NO5/c15-14(16,17)11-8(13(22)23)5-7(12(21)18-11)10(20)6-3-1-2-4-9(6)19/h1-5,19H,(H,18,21)(H,22,23)/p-1. The molecule has 2 rings (SSSR count). The van der Waals surface area contributed by atoms with Crippen molar-refractivity contribution in [2.24, 2.45) is 0 Å². The average Bonchev–Trinajstić information content (AvgIpc) is 2.45. The molecular formula is C14H7F3NO5-. The summed E-state index contributed by atoms with van der Waals surface area (Å²) in [6.07, 6.45) is -5.12. The lowest BCUT2D eigenvalue weighted by Crippen LogP contribution is -2.27. The van der Waals surface area contributed by atoms with E-state index in [-0.39, 0.29) is 0 Å². The summed E-state index contributed by atoms with van der Waals surface area (Å²) in [5, 5.41) is 20.4. The number of nitrogens with one attached hydrogen (secondary N) is 1. The predicted octanol–water partition coefficient (Wildman–Crippen LogP) is 1.40. The predicted molar refractivity (Wildman–Crippen MR) is 68.3 cm³/mol. The number of alkyl halides is 3. The summed E-state index contributed by atoms with van der Waals surface area (Å²) in [4.78, 5) is 36.2. The average molecular weight is 326 g/mol. The number of hydrogen-bond acceptors (Lipinski definition) is 4. The van der Waals surface area contributed by atoms with Gasteiger partial charge in [0.2, 0.25) is 0 Å². The van der Waals surface area contributed by atoms with Gasteiger partial charge in [-0.25, -0.2) is 4.79 Å². The molecule has 0 saturated carbocycles. The van der Waals surface area contributed by atoms with Crippen molar-refractivity contribution in [3.63, 3.8) is 0 Å². The van der Waals surface area contributed by atoms with Gasteiger partial charge in [-0.2, -0.15) is 13.2 Å². The monoisotopic (exact) mass is 326 g/mol. The number of carboxylic acid groups (broad SMARTS) is 1. The van der Waals surface area contributed by atoms with Crippen molar-refractivity contribution in [1.82, 2.24) is 4.98 Å². The van der Waals surface area contributed by atoms with E-state index in [2.05, 4.69) is 0 Å². The Kier molecular flexibility index (Phi) is 3.96. The number of aromatic nitrogens is 1. The molecule has 0 spiro atoms. The fraction of sp³-hybridized carbons (Fsp3) is 0.0714. The largest absolute Gasteiger partial charge is 0.872 e. The second kappa shape index (κ2) is 5.59. The molecule has 9 heteroatoms. The van der Waals surface area contributed by atoms with Crippen LogP contribution in [-0.4, -0.2) is 21.8 Å². The second-order valence-corrected chi connectivity index (χ2v) is 4.43. The van der Waals surface area contributed by atoms with Gasteiger partial charge in [-0.05, 0) is 6.07 Å². The van der Waals surface area contributed by atoms with E-state index in [1.807, 2.05) is 0 Å². The number of aromatic carboxylic acids is 1. The summed E-state index contributed by atoms with van der Waals surface area (Å²) in [5.74, 6) is -3.88. The van der Waals surface area contributed by atoms with E-state index in [0.29, 0.717) is 6.07 Å². The highest BCUT2D eigenvalue weighted by molar-refractivity contribution is 6.11. The van der Waals surface area contributed by atoms with E-state index in [1.54, 1.807) is 0 Å². The van der Waals surface area contributed by atoms with Gasteiger partial charge in [0.25, 0.3) is 5.56 Å². The van der Waals surface area contributed by atoms with Crippen LogP contribution in [0.5, 0.6) is 5.75 Å². The maximum Gasteiger partial charge on any atom is 0.432 e. The van der Waals surface area contributed by atoms with Gasteiger partial charge < -0.3 is 15.2 Å². The summed E-state index contributed by atoms with van der Waals surface area (Å²) in [6, 6.07) is 5.09. The van der Waals surface area contributed by atoms with Gasteiger partial charge in [0.15, 0.2) is 5.78 Å². The van der Waals surface area contributed by atoms with Crippen molar-refractivity contribution in [2.45, 2.75) is 6.18 Å². The smallest absolute Gasteiger partial charge is 0.432 e. The Morgan fingerprint density at radius 3 is 2.22 bits per heavy atom. The van der Waals surface area contributed by atoms with Crippen molar-refractivity contribution in [1.29, 1.82) is 0 Å². The fourth-order valence-electron chi connectivity index (χ4n) is 1.89. The SMILES string of the molecule is O=C(O)c1cc(C(=O)c2ccccc2[O-])c(=O)[nH]c1C(F)(F)F. The minimum atomic E-state index is -5.12. The van der Waals surface area contributed by atoms with Gasteiger partial charge in [0, 0.05) is 5.56 Å². The molecule has 0 atom stereocenters. The van der Waals surface area contributed by atoms with Crippen molar-refractivity contribution < 1.29 is 33.0 Å². The van der Waals surface area contributed by atoms with Crippen LogP contribution in [0.15, 0.2) is 35.1 Å². The number of carbonyl (C=O) groups is 2. The van der Waals surface area contributed by atoms with Crippen LogP contribution >= 0.6 is 0 Å². The molecule has 23 heavy (non-hydrogen) atoms. The van der Waals surface area contributed by atoms with Crippen molar-refractivity contribution in [3.05, 3.63) is 63.1 Å². The van der Waals surface area contributed by atoms with Crippen molar-refractivity contribution in [3.8, 4) is 5.75 Å². The molecular weight excluding hydrogens is 319 g/mol. The molecule has 0 bridgehead atoms. The summed E-state index contributed by atoms with van der Waals surface area (Å²) < 4.78 is 38.2. The topological polar surface area (TPSA) is 110 Å². The number of carboxylic acids is 1. The maximum atomic E-state index is 12.7. The number of pyridine rings is 1. The minimum absolute atomic E-state index is 0.318. The van der Waals surface area contributed by atoms with E-state index >= 15 is 0 Å². The first-order chi connectivity index (χ1) is 10.6. The third-order valence-electron chi connectivity index (χ3n) is 2.93. The fourth-order valence-corrected chi connectivity index (χ4v) is 1.89. The molecule has 2 aromatic rings. The van der Waals surface area contributed by atoms with Crippen LogP contribution in [0.25, 0.3) is 0 Å². The Morgan fingerprint density at radius 1 is 1.09 bits per heavy atom. The Balaban J connectivity index is 2.68. The first-order valence-electron chi connectivity index (χ1n) is 6.01. The molecule has 2 N–H and O–H groups in total. The van der Waals surface area contributed by atoms with Gasteiger partial charge in [-0.3, -0.25) is 9.59 Å². The second-order valence-electron chi connectivity index (χ2n) is 4.43. The van der Waals surface area contributed by atoms with E-state index < -0.39 is 51.6 Å². The highest BCUT2D eigenvalue weighted by Gasteiger charge is 2.37. The Hall–Kier alpha value is -3.10. The van der Waals surface area contributed by atoms with Crippen LogP contribution in [0.3, 0.4) is 0 Å². The van der Waals surface area contributed by atoms with Crippen LogP contribution in [0.1, 0.15) is 32.0 Å². The Morgan fingerprint density at radius 2 is 1.70 bits per heavy atom. The summed E-state index contributed by atoms with van der Waals surface area (Å²) in [6.45, 7) is 0. The zero-order chi connectivity index (χ0) is 17.4. The van der Waals surface area contributed by atoms with Crippen LogP contribution in [0, 0.1) is 0 Å². The van der Waals surface area contributed by atoms with Crippen LogP contribution in [0.2, 0.25) is 0 Å². The first-order valence-corrected chi connectivity index (χ1v) is 6.01. The number of carbonyl (C=O) groups excluding carboxylic acids is 1. The molecule has 0 radical (unpaired) electrons. The van der Waals surface area contributed by atoms with E-state index in [4.69, 9.17) is 5.11 Å². The molecule has 1 heterocycles. The van der Waals surface area contributed by atoms with Crippen LogP contribution in [-0.2, 0) is 6.18 Å². The zero-order valence-corrected chi connectivity index (χ0v) is 11.1. The molecule has 6 nitrogen and oxygen atoms in total. The molecule has 0 aliphatic carbocycles. The lowest BCUT2D eigenvalue weighted by molar-refractivity contribution is -0.268. The van der Waals surface area contributed by atoms with Crippen molar-refractivity contribution >= 4 is 11.8 Å². The zero-order valence-electron chi connectivity index (χ0n) is 11.1. The highest BCUT2D eigenvalue weighted by Crippen LogP contribution is 2.30. The maximum absolute atomic E-state index is 12.7. The number of rotatable bonds is 3.